The van der Waals surface area contributed by atoms with Gasteiger partial charge in [-0.05, 0) is 25.0 Å². The van der Waals surface area contributed by atoms with E-state index in [-0.39, 0.29) is 11.6 Å². The minimum atomic E-state index is -2.97. The third-order valence-corrected chi connectivity index (χ3v) is 4.54. The van der Waals surface area contributed by atoms with Gasteiger partial charge in [-0.25, -0.2) is 12.8 Å². The van der Waals surface area contributed by atoms with Gasteiger partial charge >= 0.3 is 0 Å². The minimum absolute atomic E-state index is 0.0778. The van der Waals surface area contributed by atoms with Crippen LogP contribution in [0.25, 0.3) is 0 Å². The van der Waals surface area contributed by atoms with Crippen LogP contribution in [-0.4, -0.2) is 37.4 Å². The molecule has 0 aromatic heterocycles. The molecule has 0 fully saturated rings. The van der Waals surface area contributed by atoms with Crippen molar-refractivity contribution >= 4 is 21.6 Å². The average molecular weight is 292 g/mol. The fraction of sp³-hybridized carbons (Fsp3) is 0.500. The number of aliphatic hydroxyl groups excluding tert-OH is 1. The fourth-order valence-electron chi connectivity index (χ4n) is 1.41. The molecule has 0 saturated heterocycles. The van der Waals surface area contributed by atoms with Crippen molar-refractivity contribution in [2.75, 3.05) is 17.8 Å². The average Bonchev–Trinajstić information content (AvgIpc) is 2.26. The van der Waals surface area contributed by atoms with E-state index in [9.17, 15) is 17.9 Å². The summed E-state index contributed by atoms with van der Waals surface area (Å²) in [5, 5.41) is 9.66. The van der Waals surface area contributed by atoms with E-state index in [0.717, 1.165) is 0 Å². The predicted octanol–water partition coefficient (Wildman–Crippen LogP) is 2.10. The second kappa shape index (κ2) is 7.11. The Kier molecular flexibility index (Phi) is 6.11. The molecule has 0 aliphatic rings. The van der Waals surface area contributed by atoms with Crippen molar-refractivity contribution in [3.63, 3.8) is 0 Å². The number of benzene rings is 1. The summed E-state index contributed by atoms with van der Waals surface area (Å²) >= 11 is 1.24. The monoisotopic (exact) mass is 292 g/mol. The molecule has 0 saturated carbocycles. The number of hydrogen-bond donors (Lipinski definition) is 1. The summed E-state index contributed by atoms with van der Waals surface area (Å²) in [4.78, 5) is 0.500. The molecule has 1 aromatic rings. The first kappa shape index (κ1) is 15.5. The number of halogens is 1. The number of aliphatic hydroxyl groups is 1. The van der Waals surface area contributed by atoms with Gasteiger partial charge in [-0.15, -0.1) is 11.8 Å². The van der Waals surface area contributed by atoms with E-state index in [1.54, 1.807) is 18.2 Å². The van der Waals surface area contributed by atoms with Gasteiger partial charge < -0.3 is 5.11 Å². The molecular weight excluding hydrogens is 275 g/mol. The Balaban J connectivity index is 2.29. The molecule has 1 rings (SSSR count). The summed E-state index contributed by atoms with van der Waals surface area (Å²) in [6, 6.07) is 6.38. The molecular formula is C12H17FO3S2. The van der Waals surface area contributed by atoms with Crippen LogP contribution in [0.3, 0.4) is 0 Å². The molecule has 18 heavy (non-hydrogen) atoms. The molecule has 0 aliphatic carbocycles. The quantitative estimate of drug-likeness (QED) is 0.782. The molecule has 6 heteroatoms. The molecule has 1 N–H and O–H groups in total. The Labute approximate surface area is 111 Å². The van der Waals surface area contributed by atoms with Crippen molar-refractivity contribution in [2.24, 2.45) is 0 Å². The molecule has 102 valence electrons. The molecule has 0 heterocycles. The smallest absolute Gasteiger partial charge is 0.147 e. The van der Waals surface area contributed by atoms with Crippen LogP contribution in [0.2, 0.25) is 0 Å². The lowest BCUT2D eigenvalue weighted by Gasteiger charge is -2.10. The molecule has 0 spiro atoms. The Morgan fingerprint density at radius 1 is 1.39 bits per heavy atom. The lowest BCUT2D eigenvalue weighted by Crippen LogP contribution is -2.12. The van der Waals surface area contributed by atoms with Crippen LogP contribution in [0.4, 0.5) is 4.39 Å². The third-order valence-electron chi connectivity index (χ3n) is 2.32. The van der Waals surface area contributed by atoms with E-state index in [1.165, 1.54) is 24.1 Å². The largest absolute Gasteiger partial charge is 0.392 e. The summed E-state index contributed by atoms with van der Waals surface area (Å²) in [5.41, 5.74) is 0. The van der Waals surface area contributed by atoms with Gasteiger partial charge in [-0.2, -0.15) is 0 Å². The second-order valence-corrected chi connectivity index (χ2v) is 7.49. The molecule has 3 nitrogen and oxygen atoms in total. The lowest BCUT2D eigenvalue weighted by atomic mass is 10.2. The van der Waals surface area contributed by atoms with Crippen molar-refractivity contribution < 1.29 is 17.9 Å². The number of rotatable bonds is 7. The zero-order valence-electron chi connectivity index (χ0n) is 10.2. The number of sulfone groups is 1. The Morgan fingerprint density at radius 3 is 2.67 bits per heavy atom. The summed E-state index contributed by atoms with van der Waals surface area (Å²) in [6.45, 7) is 0. The summed E-state index contributed by atoms with van der Waals surface area (Å²) in [5.74, 6) is 0.143. The van der Waals surface area contributed by atoms with Crippen LogP contribution in [0.1, 0.15) is 12.8 Å². The zero-order chi connectivity index (χ0) is 13.6. The van der Waals surface area contributed by atoms with Crippen molar-refractivity contribution in [1.82, 2.24) is 0 Å². The van der Waals surface area contributed by atoms with Crippen LogP contribution < -0.4 is 0 Å². The van der Waals surface area contributed by atoms with E-state index in [2.05, 4.69) is 0 Å². The molecule has 0 aliphatic heterocycles. The molecule has 1 unspecified atom stereocenters. The first-order valence-electron chi connectivity index (χ1n) is 5.61. The van der Waals surface area contributed by atoms with Crippen LogP contribution in [0, 0.1) is 5.82 Å². The molecule has 1 aromatic carbocycles. The van der Waals surface area contributed by atoms with Gasteiger partial charge in [0, 0.05) is 22.7 Å². The summed E-state index contributed by atoms with van der Waals surface area (Å²) < 4.78 is 35.1. The normalized spacial score (nSPS) is 13.5. The maximum Gasteiger partial charge on any atom is 0.147 e. The highest BCUT2D eigenvalue weighted by Gasteiger charge is 2.09. The van der Waals surface area contributed by atoms with Gasteiger partial charge in [-0.3, -0.25) is 0 Å². The van der Waals surface area contributed by atoms with Gasteiger partial charge in [0.1, 0.15) is 15.7 Å². The Bertz CT molecular complexity index is 474. The number of thioether (sulfide) groups is 1. The first-order chi connectivity index (χ1) is 8.38. The summed E-state index contributed by atoms with van der Waals surface area (Å²) in [6.07, 6.45) is 1.40. The zero-order valence-corrected chi connectivity index (χ0v) is 11.8. The van der Waals surface area contributed by atoms with Crippen molar-refractivity contribution in [3.8, 4) is 0 Å². The second-order valence-electron chi connectivity index (χ2n) is 4.17. The Morgan fingerprint density at radius 2 is 2.06 bits per heavy atom. The highest BCUT2D eigenvalue weighted by Crippen LogP contribution is 2.22. The maximum absolute atomic E-state index is 13.3. The topological polar surface area (TPSA) is 54.4 Å². The SMILES string of the molecule is CS(=O)(=O)CCCC(O)CSc1ccccc1F. The van der Waals surface area contributed by atoms with E-state index >= 15 is 0 Å². The minimum Gasteiger partial charge on any atom is -0.392 e. The molecule has 0 bridgehead atoms. The molecule has 1 atom stereocenters. The van der Waals surface area contributed by atoms with Crippen LogP contribution in [-0.2, 0) is 9.84 Å². The first-order valence-corrected chi connectivity index (χ1v) is 8.66. The van der Waals surface area contributed by atoms with Crippen molar-refractivity contribution in [2.45, 2.75) is 23.8 Å². The van der Waals surface area contributed by atoms with Gasteiger partial charge in [0.25, 0.3) is 0 Å². The van der Waals surface area contributed by atoms with Gasteiger partial charge in [-0.1, -0.05) is 12.1 Å². The summed E-state index contributed by atoms with van der Waals surface area (Å²) in [7, 11) is -2.97. The number of hydrogen-bond acceptors (Lipinski definition) is 4. The van der Waals surface area contributed by atoms with Crippen LogP contribution in [0.15, 0.2) is 29.2 Å². The highest BCUT2D eigenvalue weighted by atomic mass is 32.2. The highest BCUT2D eigenvalue weighted by molar-refractivity contribution is 7.99. The van der Waals surface area contributed by atoms with E-state index in [0.29, 0.717) is 23.5 Å². The van der Waals surface area contributed by atoms with Gasteiger partial charge in [0.05, 0.1) is 6.10 Å². The fourth-order valence-corrected chi connectivity index (χ4v) is 3.02. The predicted molar refractivity (Wildman–Crippen MR) is 72.1 cm³/mol. The van der Waals surface area contributed by atoms with E-state index < -0.39 is 15.9 Å². The Hall–Kier alpha value is -0.590. The van der Waals surface area contributed by atoms with Crippen molar-refractivity contribution in [1.29, 1.82) is 0 Å². The van der Waals surface area contributed by atoms with Gasteiger partial charge in [0.2, 0.25) is 0 Å². The standard InChI is InChI=1S/C12H17FO3S2/c1-18(15,16)8-4-5-10(14)9-17-12-7-3-2-6-11(12)13/h2-3,6-7,10,14H,4-5,8-9H2,1H3. The third kappa shape index (κ3) is 6.37. The lowest BCUT2D eigenvalue weighted by molar-refractivity contribution is 0.188. The van der Waals surface area contributed by atoms with Crippen molar-refractivity contribution in [3.05, 3.63) is 30.1 Å². The van der Waals surface area contributed by atoms with E-state index in [1.807, 2.05) is 0 Å². The van der Waals surface area contributed by atoms with E-state index in [4.69, 9.17) is 0 Å². The maximum atomic E-state index is 13.3. The van der Waals surface area contributed by atoms with Crippen LogP contribution in [0.5, 0.6) is 0 Å². The molecule has 0 amide bonds. The van der Waals surface area contributed by atoms with Gasteiger partial charge in [0.15, 0.2) is 0 Å². The molecule has 0 radical (unpaired) electrons. The van der Waals surface area contributed by atoms with Crippen LogP contribution >= 0.6 is 11.8 Å².